The molecule has 5 heteroatoms. The molecule has 0 saturated heterocycles. The van der Waals surface area contributed by atoms with E-state index in [1.165, 1.54) is 12.1 Å². The molecule has 1 atom stereocenters. The second kappa shape index (κ2) is 6.89. The number of aryl methyl sites for hydroxylation is 2. The molecule has 2 rings (SSSR count). The van der Waals surface area contributed by atoms with E-state index in [1.54, 1.807) is 12.1 Å². The molecule has 0 saturated carbocycles. The Morgan fingerprint density at radius 1 is 1.33 bits per heavy atom. The first-order chi connectivity index (χ1) is 10.1. The Morgan fingerprint density at radius 3 is 2.62 bits per heavy atom. The van der Waals surface area contributed by atoms with Crippen molar-refractivity contribution >= 4 is 0 Å². The van der Waals surface area contributed by atoms with Crippen LogP contribution in [0.1, 0.15) is 35.8 Å². The predicted molar refractivity (Wildman–Crippen MR) is 75.5 cm³/mol. The Balaban J connectivity index is 1.85. The SMILES string of the molecule is Cc1noc(C)c1C(C#N)CCCOc1ccc(F)cc1. The summed E-state index contributed by atoms with van der Waals surface area (Å²) in [6.45, 7) is 4.13. The number of halogens is 1. The van der Waals surface area contributed by atoms with Crippen LogP contribution in [-0.2, 0) is 0 Å². The first-order valence-corrected chi connectivity index (χ1v) is 6.82. The van der Waals surface area contributed by atoms with Gasteiger partial charge in [-0.05, 0) is 51.0 Å². The fraction of sp³-hybridized carbons (Fsp3) is 0.375. The van der Waals surface area contributed by atoms with Crippen molar-refractivity contribution in [3.63, 3.8) is 0 Å². The van der Waals surface area contributed by atoms with E-state index in [1.807, 2.05) is 13.8 Å². The third-order valence-electron chi connectivity index (χ3n) is 3.31. The average molecular weight is 288 g/mol. The van der Waals surface area contributed by atoms with Gasteiger partial charge in [-0.1, -0.05) is 5.16 Å². The number of nitrogens with zero attached hydrogens (tertiary/aromatic N) is 2. The number of nitriles is 1. The van der Waals surface area contributed by atoms with Gasteiger partial charge in [-0.3, -0.25) is 0 Å². The summed E-state index contributed by atoms with van der Waals surface area (Å²) in [6, 6.07) is 8.18. The molecule has 1 aromatic heterocycles. The topological polar surface area (TPSA) is 59.0 Å². The molecule has 0 aliphatic rings. The summed E-state index contributed by atoms with van der Waals surface area (Å²) in [5, 5.41) is 13.2. The van der Waals surface area contributed by atoms with E-state index in [0.717, 1.165) is 17.7 Å². The van der Waals surface area contributed by atoms with Gasteiger partial charge >= 0.3 is 0 Å². The standard InChI is InChI=1S/C16H17FN2O2/c1-11-16(12(2)21-19-11)13(10-18)4-3-9-20-15-7-5-14(17)6-8-15/h5-8,13H,3-4,9H2,1-2H3. The van der Waals surface area contributed by atoms with Crippen molar-refractivity contribution in [1.82, 2.24) is 5.16 Å². The molecule has 2 aromatic rings. The van der Waals surface area contributed by atoms with Gasteiger partial charge in [0.2, 0.25) is 0 Å². The summed E-state index contributed by atoms with van der Waals surface area (Å²) in [5.41, 5.74) is 1.64. The lowest BCUT2D eigenvalue weighted by molar-refractivity contribution is 0.304. The van der Waals surface area contributed by atoms with E-state index in [-0.39, 0.29) is 11.7 Å². The molecule has 21 heavy (non-hydrogen) atoms. The zero-order valence-electron chi connectivity index (χ0n) is 12.1. The maximum atomic E-state index is 12.8. The molecular weight excluding hydrogens is 271 g/mol. The van der Waals surface area contributed by atoms with E-state index >= 15 is 0 Å². The van der Waals surface area contributed by atoms with Crippen LogP contribution in [0.25, 0.3) is 0 Å². The molecule has 0 amide bonds. The monoisotopic (exact) mass is 288 g/mol. The fourth-order valence-electron chi connectivity index (χ4n) is 2.27. The van der Waals surface area contributed by atoms with Crippen LogP contribution in [0, 0.1) is 31.0 Å². The summed E-state index contributed by atoms with van der Waals surface area (Å²) >= 11 is 0. The van der Waals surface area contributed by atoms with Gasteiger partial charge in [-0.15, -0.1) is 0 Å². The third-order valence-corrected chi connectivity index (χ3v) is 3.31. The Hall–Kier alpha value is -2.35. The second-order valence-electron chi connectivity index (χ2n) is 4.86. The molecular formula is C16H17FN2O2. The molecule has 0 aliphatic heterocycles. The summed E-state index contributed by atoms with van der Waals surface area (Å²) in [6.07, 6.45) is 1.39. The smallest absolute Gasteiger partial charge is 0.138 e. The van der Waals surface area contributed by atoms with Crippen LogP contribution in [0.3, 0.4) is 0 Å². The van der Waals surface area contributed by atoms with Gasteiger partial charge < -0.3 is 9.26 Å². The first kappa shape index (κ1) is 15.0. The fourth-order valence-corrected chi connectivity index (χ4v) is 2.27. The van der Waals surface area contributed by atoms with Crippen LogP contribution in [0.5, 0.6) is 5.75 Å². The second-order valence-corrected chi connectivity index (χ2v) is 4.86. The molecule has 1 heterocycles. The minimum atomic E-state index is -0.287. The van der Waals surface area contributed by atoms with Gasteiger partial charge in [-0.2, -0.15) is 5.26 Å². The highest BCUT2D eigenvalue weighted by molar-refractivity contribution is 5.30. The van der Waals surface area contributed by atoms with Gasteiger partial charge in [0.05, 0.1) is 24.3 Å². The van der Waals surface area contributed by atoms with Crippen molar-refractivity contribution in [1.29, 1.82) is 5.26 Å². The van der Waals surface area contributed by atoms with Crippen LogP contribution in [-0.4, -0.2) is 11.8 Å². The third kappa shape index (κ3) is 3.82. The zero-order valence-corrected chi connectivity index (χ0v) is 12.1. The van der Waals surface area contributed by atoms with Crippen LogP contribution in [0.4, 0.5) is 4.39 Å². The Kier molecular flexibility index (Phi) is 4.94. The number of benzene rings is 1. The highest BCUT2D eigenvalue weighted by atomic mass is 19.1. The minimum Gasteiger partial charge on any atom is -0.494 e. The van der Waals surface area contributed by atoms with Gasteiger partial charge in [0.25, 0.3) is 0 Å². The van der Waals surface area contributed by atoms with Crippen LogP contribution < -0.4 is 4.74 Å². The van der Waals surface area contributed by atoms with Crippen molar-refractivity contribution in [2.24, 2.45) is 0 Å². The number of hydrogen-bond acceptors (Lipinski definition) is 4. The van der Waals surface area contributed by atoms with Gasteiger partial charge in [-0.25, -0.2) is 4.39 Å². The van der Waals surface area contributed by atoms with E-state index in [2.05, 4.69) is 11.2 Å². The molecule has 1 aromatic carbocycles. The van der Waals surface area contributed by atoms with Crippen LogP contribution in [0.15, 0.2) is 28.8 Å². The van der Waals surface area contributed by atoms with Crippen LogP contribution in [0.2, 0.25) is 0 Å². The van der Waals surface area contributed by atoms with Crippen molar-refractivity contribution in [2.75, 3.05) is 6.61 Å². The molecule has 0 aliphatic carbocycles. The lowest BCUT2D eigenvalue weighted by atomic mass is 9.94. The lowest BCUT2D eigenvalue weighted by Gasteiger charge is -2.10. The van der Waals surface area contributed by atoms with Gasteiger partial charge in [0, 0.05) is 5.56 Å². The summed E-state index contributed by atoms with van der Waals surface area (Å²) < 4.78 is 23.4. The van der Waals surface area contributed by atoms with Crippen LogP contribution >= 0.6 is 0 Å². The van der Waals surface area contributed by atoms with Crippen molar-refractivity contribution in [2.45, 2.75) is 32.6 Å². The van der Waals surface area contributed by atoms with Gasteiger partial charge in [0.15, 0.2) is 0 Å². The van der Waals surface area contributed by atoms with E-state index in [0.29, 0.717) is 24.5 Å². The quantitative estimate of drug-likeness (QED) is 0.756. The summed E-state index contributed by atoms with van der Waals surface area (Å²) in [5.74, 6) is 0.791. The average Bonchev–Trinajstić information content (AvgIpc) is 2.81. The largest absolute Gasteiger partial charge is 0.494 e. The van der Waals surface area contributed by atoms with Crippen molar-refractivity contribution < 1.29 is 13.7 Å². The Morgan fingerprint density at radius 2 is 2.05 bits per heavy atom. The highest BCUT2D eigenvalue weighted by Crippen LogP contribution is 2.26. The number of aromatic nitrogens is 1. The van der Waals surface area contributed by atoms with Crippen molar-refractivity contribution in [3.8, 4) is 11.8 Å². The first-order valence-electron chi connectivity index (χ1n) is 6.82. The highest BCUT2D eigenvalue weighted by Gasteiger charge is 2.19. The number of ether oxygens (including phenoxy) is 1. The maximum absolute atomic E-state index is 12.8. The predicted octanol–water partition coefficient (Wildman–Crippen LogP) is 3.90. The molecule has 0 radical (unpaired) electrons. The maximum Gasteiger partial charge on any atom is 0.138 e. The molecule has 0 N–H and O–H groups in total. The number of rotatable bonds is 6. The number of hydrogen-bond donors (Lipinski definition) is 0. The Labute approximate surface area is 123 Å². The molecule has 110 valence electrons. The minimum absolute atomic E-state index is 0.243. The molecule has 4 nitrogen and oxygen atoms in total. The summed E-state index contributed by atoms with van der Waals surface area (Å²) in [4.78, 5) is 0. The molecule has 0 fully saturated rings. The normalized spacial score (nSPS) is 11.9. The molecule has 0 bridgehead atoms. The zero-order chi connectivity index (χ0) is 15.2. The molecule has 0 spiro atoms. The van der Waals surface area contributed by atoms with E-state index in [9.17, 15) is 9.65 Å². The Bertz CT molecular complexity index is 609. The van der Waals surface area contributed by atoms with Gasteiger partial charge in [0.1, 0.15) is 17.3 Å². The summed E-state index contributed by atoms with van der Waals surface area (Å²) in [7, 11) is 0. The van der Waals surface area contributed by atoms with E-state index < -0.39 is 0 Å². The molecule has 1 unspecified atom stereocenters. The van der Waals surface area contributed by atoms with Crippen molar-refractivity contribution in [3.05, 3.63) is 47.1 Å². The lowest BCUT2D eigenvalue weighted by Crippen LogP contribution is -2.03. The van der Waals surface area contributed by atoms with E-state index in [4.69, 9.17) is 9.26 Å².